The van der Waals surface area contributed by atoms with Gasteiger partial charge in [-0.05, 0) is 19.4 Å². The van der Waals surface area contributed by atoms with Gasteiger partial charge in [0.15, 0.2) is 0 Å². The Bertz CT molecular complexity index is 709. The van der Waals surface area contributed by atoms with Gasteiger partial charge in [-0.25, -0.2) is 4.79 Å². The van der Waals surface area contributed by atoms with Crippen molar-refractivity contribution in [1.82, 2.24) is 10.5 Å². The van der Waals surface area contributed by atoms with Crippen molar-refractivity contribution in [2.75, 3.05) is 7.11 Å². The third-order valence-corrected chi connectivity index (χ3v) is 3.63. The topological polar surface area (TPSA) is 90.7 Å². The third kappa shape index (κ3) is 5.63. The summed E-state index contributed by atoms with van der Waals surface area (Å²) in [5, 5.41) is 6.72. The monoisotopic (exact) mass is 346 g/mol. The molecule has 1 aromatic heterocycles. The third-order valence-electron chi connectivity index (χ3n) is 3.63. The van der Waals surface area contributed by atoms with E-state index in [1.807, 2.05) is 30.3 Å². The second-order valence-corrected chi connectivity index (χ2v) is 6.07. The lowest BCUT2D eigenvalue weighted by Gasteiger charge is -2.23. The molecule has 0 spiro atoms. The molecule has 0 saturated heterocycles. The molecule has 0 bridgehead atoms. The highest BCUT2D eigenvalue weighted by molar-refractivity contribution is 5.69. The zero-order valence-electron chi connectivity index (χ0n) is 14.6. The summed E-state index contributed by atoms with van der Waals surface area (Å²) in [4.78, 5) is 23.2. The SMILES string of the molecule is COC(=O)CCc1cc(C(C)(C)NC(=O)OCc2ccccc2)no1. The maximum atomic E-state index is 12.0. The van der Waals surface area contributed by atoms with E-state index < -0.39 is 11.6 Å². The first-order valence-electron chi connectivity index (χ1n) is 7.92. The van der Waals surface area contributed by atoms with Crippen LogP contribution in [0.1, 0.15) is 37.3 Å². The number of nitrogens with one attached hydrogen (secondary N) is 1. The Morgan fingerprint density at radius 3 is 2.64 bits per heavy atom. The number of esters is 1. The lowest BCUT2D eigenvalue weighted by molar-refractivity contribution is -0.140. The second-order valence-electron chi connectivity index (χ2n) is 6.07. The number of ether oxygens (including phenoxy) is 2. The maximum Gasteiger partial charge on any atom is 0.408 e. The van der Waals surface area contributed by atoms with Crippen molar-refractivity contribution in [3.05, 3.63) is 53.4 Å². The molecule has 0 fully saturated rings. The van der Waals surface area contributed by atoms with Gasteiger partial charge < -0.3 is 19.3 Å². The average Bonchev–Trinajstić information content (AvgIpc) is 3.08. The second kappa shape index (κ2) is 8.32. The first kappa shape index (κ1) is 18.5. The molecule has 0 aliphatic heterocycles. The van der Waals surface area contributed by atoms with Crippen molar-refractivity contribution >= 4 is 12.1 Å². The minimum Gasteiger partial charge on any atom is -0.469 e. The van der Waals surface area contributed by atoms with Crippen molar-refractivity contribution in [2.24, 2.45) is 0 Å². The van der Waals surface area contributed by atoms with Crippen molar-refractivity contribution in [1.29, 1.82) is 0 Å². The lowest BCUT2D eigenvalue weighted by atomic mass is 10.0. The van der Waals surface area contributed by atoms with Crippen LogP contribution < -0.4 is 5.32 Å². The number of hydrogen-bond acceptors (Lipinski definition) is 6. The van der Waals surface area contributed by atoms with Crippen molar-refractivity contribution in [3.63, 3.8) is 0 Å². The fourth-order valence-corrected chi connectivity index (χ4v) is 2.13. The number of rotatable bonds is 7. The normalized spacial score (nSPS) is 11.0. The van der Waals surface area contributed by atoms with Crippen molar-refractivity contribution in [2.45, 2.75) is 38.8 Å². The minimum absolute atomic E-state index is 0.186. The molecule has 1 amide bonds. The summed E-state index contributed by atoms with van der Waals surface area (Å²) in [5.41, 5.74) is 0.673. The standard InChI is InChI=1S/C18H22N2O5/c1-18(2,15-11-14(25-20-15)9-10-16(21)23-3)19-17(22)24-12-13-7-5-4-6-8-13/h4-8,11H,9-10,12H2,1-3H3,(H,19,22). The van der Waals surface area contributed by atoms with E-state index in [4.69, 9.17) is 9.26 Å². The fraction of sp³-hybridized carbons (Fsp3) is 0.389. The Kier molecular flexibility index (Phi) is 6.16. The van der Waals surface area contributed by atoms with Crippen LogP contribution in [-0.4, -0.2) is 24.3 Å². The molecule has 0 aliphatic rings. The Labute approximate surface area is 146 Å². The molecule has 0 unspecified atom stereocenters. The minimum atomic E-state index is -0.777. The molecule has 2 rings (SSSR count). The van der Waals surface area contributed by atoms with E-state index in [0.717, 1.165) is 5.56 Å². The molecule has 25 heavy (non-hydrogen) atoms. The van der Waals surface area contributed by atoms with Crippen LogP contribution >= 0.6 is 0 Å². The molecule has 1 heterocycles. The van der Waals surface area contributed by atoms with Gasteiger partial charge in [-0.1, -0.05) is 35.5 Å². The molecular weight excluding hydrogens is 324 g/mol. The first-order valence-corrected chi connectivity index (χ1v) is 7.92. The van der Waals surface area contributed by atoms with Gasteiger partial charge in [-0.2, -0.15) is 0 Å². The number of aryl methyl sites for hydroxylation is 1. The quantitative estimate of drug-likeness (QED) is 0.775. The molecule has 7 heteroatoms. The van der Waals surface area contributed by atoms with Gasteiger partial charge >= 0.3 is 12.1 Å². The van der Waals surface area contributed by atoms with Crippen LogP contribution in [-0.2, 0) is 32.8 Å². The van der Waals surface area contributed by atoms with Gasteiger partial charge in [-0.15, -0.1) is 0 Å². The van der Waals surface area contributed by atoms with Crippen molar-refractivity contribution in [3.8, 4) is 0 Å². The van der Waals surface area contributed by atoms with E-state index in [2.05, 4.69) is 15.2 Å². The number of aromatic nitrogens is 1. The van der Waals surface area contributed by atoms with Gasteiger partial charge in [-0.3, -0.25) is 4.79 Å². The highest BCUT2D eigenvalue weighted by Crippen LogP contribution is 2.21. The van der Waals surface area contributed by atoms with Crippen LogP contribution in [0.25, 0.3) is 0 Å². The molecule has 0 saturated carbocycles. The van der Waals surface area contributed by atoms with E-state index in [9.17, 15) is 9.59 Å². The summed E-state index contributed by atoms with van der Waals surface area (Å²) in [7, 11) is 1.34. The average molecular weight is 346 g/mol. The lowest BCUT2D eigenvalue weighted by Crippen LogP contribution is -2.41. The predicted molar refractivity (Wildman–Crippen MR) is 89.6 cm³/mol. The number of carbonyl (C=O) groups excluding carboxylic acids is 2. The van der Waals surface area contributed by atoms with Gasteiger partial charge in [0, 0.05) is 12.5 Å². The number of amides is 1. The zero-order valence-corrected chi connectivity index (χ0v) is 14.6. The summed E-state index contributed by atoms with van der Waals surface area (Å²) < 4.78 is 15.0. The smallest absolute Gasteiger partial charge is 0.408 e. The van der Waals surface area contributed by atoms with E-state index in [0.29, 0.717) is 17.9 Å². The molecule has 1 aromatic carbocycles. The predicted octanol–water partition coefficient (Wildman–Crippen LogP) is 2.94. The molecule has 0 aliphatic carbocycles. The summed E-state index contributed by atoms with van der Waals surface area (Å²) >= 11 is 0. The Balaban J connectivity index is 1.88. The molecule has 2 aromatic rings. The Morgan fingerprint density at radius 1 is 1.24 bits per heavy atom. The molecule has 7 nitrogen and oxygen atoms in total. The highest BCUT2D eigenvalue weighted by atomic mass is 16.5. The molecular formula is C18H22N2O5. The number of methoxy groups -OCH3 is 1. The molecule has 0 atom stereocenters. The summed E-state index contributed by atoms with van der Waals surface area (Å²) in [5.74, 6) is 0.229. The zero-order chi connectivity index (χ0) is 18.3. The number of hydrogen-bond donors (Lipinski definition) is 1. The number of carbonyl (C=O) groups is 2. The number of alkyl carbamates (subject to hydrolysis) is 1. The molecule has 0 radical (unpaired) electrons. The van der Waals surface area contributed by atoms with E-state index in [1.165, 1.54) is 7.11 Å². The van der Waals surface area contributed by atoms with Crippen molar-refractivity contribution < 1.29 is 23.6 Å². The van der Waals surface area contributed by atoms with Gasteiger partial charge in [0.05, 0.1) is 19.1 Å². The molecule has 1 N–H and O–H groups in total. The van der Waals surface area contributed by atoms with Crippen LogP contribution in [0.3, 0.4) is 0 Å². The summed E-state index contributed by atoms with van der Waals surface area (Å²) in [6.07, 6.45) is 0.0414. The largest absolute Gasteiger partial charge is 0.469 e. The van der Waals surface area contributed by atoms with Crippen LogP contribution in [0, 0.1) is 0 Å². The fourth-order valence-electron chi connectivity index (χ4n) is 2.13. The Morgan fingerprint density at radius 2 is 1.96 bits per heavy atom. The first-order chi connectivity index (χ1) is 11.9. The van der Waals surface area contributed by atoms with Crippen LogP contribution in [0.5, 0.6) is 0 Å². The number of benzene rings is 1. The van der Waals surface area contributed by atoms with E-state index in [1.54, 1.807) is 19.9 Å². The number of nitrogens with zero attached hydrogens (tertiary/aromatic N) is 1. The molecule has 134 valence electrons. The van der Waals surface area contributed by atoms with E-state index in [-0.39, 0.29) is 19.0 Å². The van der Waals surface area contributed by atoms with Gasteiger partial charge in [0.25, 0.3) is 0 Å². The maximum absolute atomic E-state index is 12.0. The van der Waals surface area contributed by atoms with Gasteiger partial charge in [0.2, 0.25) is 0 Å². The Hall–Kier alpha value is -2.83. The van der Waals surface area contributed by atoms with Crippen LogP contribution in [0.4, 0.5) is 4.79 Å². The van der Waals surface area contributed by atoms with Crippen LogP contribution in [0.2, 0.25) is 0 Å². The van der Waals surface area contributed by atoms with E-state index >= 15 is 0 Å². The summed E-state index contributed by atoms with van der Waals surface area (Å²) in [6, 6.07) is 11.1. The summed E-state index contributed by atoms with van der Waals surface area (Å²) in [6.45, 7) is 3.77. The van der Waals surface area contributed by atoms with Gasteiger partial charge in [0.1, 0.15) is 18.1 Å². The van der Waals surface area contributed by atoms with Crippen LogP contribution in [0.15, 0.2) is 40.9 Å². The highest BCUT2D eigenvalue weighted by Gasteiger charge is 2.27.